The van der Waals surface area contributed by atoms with Crippen molar-refractivity contribution in [1.29, 1.82) is 0 Å². The predicted molar refractivity (Wildman–Crippen MR) is 114 cm³/mol. The Hall–Kier alpha value is -3.34. The van der Waals surface area contributed by atoms with Crippen LogP contribution in [0.15, 0.2) is 59.2 Å². The van der Waals surface area contributed by atoms with Crippen LogP contribution < -0.4 is 5.32 Å². The third-order valence-corrected chi connectivity index (χ3v) is 5.27. The van der Waals surface area contributed by atoms with Gasteiger partial charge in [0.25, 0.3) is 5.91 Å². The second-order valence-electron chi connectivity index (χ2n) is 7.46. The Balaban J connectivity index is 1.60. The van der Waals surface area contributed by atoms with Crippen molar-refractivity contribution in [1.82, 2.24) is 14.9 Å². The van der Waals surface area contributed by atoms with Crippen LogP contribution >= 0.6 is 0 Å². The molecule has 0 saturated carbocycles. The van der Waals surface area contributed by atoms with Crippen molar-refractivity contribution < 1.29 is 9.21 Å². The number of fused-ring (bicyclic) bond motifs is 1. The molecular weight excluding hydrogens is 362 g/mol. The first-order chi connectivity index (χ1) is 14.0. The van der Waals surface area contributed by atoms with Gasteiger partial charge < -0.3 is 14.3 Å². The number of nitrogens with zero attached hydrogens (tertiary/aromatic N) is 2. The number of furan rings is 1. The van der Waals surface area contributed by atoms with Crippen molar-refractivity contribution in [3.8, 4) is 0 Å². The highest BCUT2D eigenvalue weighted by Gasteiger charge is 2.14. The molecule has 4 aromatic rings. The van der Waals surface area contributed by atoms with Gasteiger partial charge >= 0.3 is 0 Å². The van der Waals surface area contributed by atoms with E-state index in [-0.39, 0.29) is 5.91 Å². The summed E-state index contributed by atoms with van der Waals surface area (Å²) in [7, 11) is 0. The lowest BCUT2D eigenvalue weighted by Gasteiger charge is -2.15. The number of aromatic nitrogens is 2. The molecule has 2 aromatic carbocycles. The van der Waals surface area contributed by atoms with Crippen molar-refractivity contribution in [3.05, 3.63) is 88.6 Å². The van der Waals surface area contributed by atoms with Crippen LogP contribution in [0.5, 0.6) is 0 Å². The highest BCUT2D eigenvalue weighted by Crippen LogP contribution is 2.22. The number of rotatable bonds is 6. The van der Waals surface area contributed by atoms with Crippen LogP contribution in [-0.2, 0) is 13.0 Å². The zero-order valence-electron chi connectivity index (χ0n) is 17.0. The average Bonchev–Trinajstić information content (AvgIpc) is 3.33. The molecule has 0 fully saturated rings. The molecule has 0 bridgehead atoms. The highest BCUT2D eigenvalue weighted by atomic mass is 16.3. The second-order valence-corrected chi connectivity index (χ2v) is 7.46. The molecule has 29 heavy (non-hydrogen) atoms. The van der Waals surface area contributed by atoms with Gasteiger partial charge in [0.1, 0.15) is 5.82 Å². The van der Waals surface area contributed by atoms with Gasteiger partial charge in [0.15, 0.2) is 5.76 Å². The number of carbonyl (C=O) groups is 1. The van der Waals surface area contributed by atoms with E-state index in [1.165, 1.54) is 28.5 Å². The minimum atomic E-state index is -0.206. The normalized spacial score (nSPS) is 11.1. The maximum absolute atomic E-state index is 12.1. The summed E-state index contributed by atoms with van der Waals surface area (Å²) >= 11 is 0. The first kappa shape index (κ1) is 19.0. The Bertz CT molecular complexity index is 1130. The average molecular weight is 387 g/mol. The maximum Gasteiger partial charge on any atom is 0.286 e. The first-order valence-electron chi connectivity index (χ1n) is 9.85. The summed E-state index contributed by atoms with van der Waals surface area (Å²) in [5.41, 5.74) is 7.26. The summed E-state index contributed by atoms with van der Waals surface area (Å²) in [4.78, 5) is 17.0. The zero-order chi connectivity index (χ0) is 20.4. The molecule has 148 valence electrons. The number of para-hydroxylation sites is 2. The Kier molecular flexibility index (Phi) is 5.21. The van der Waals surface area contributed by atoms with Crippen molar-refractivity contribution in [2.24, 2.45) is 0 Å². The Morgan fingerprint density at radius 1 is 1.07 bits per heavy atom. The topological polar surface area (TPSA) is 60.1 Å². The van der Waals surface area contributed by atoms with Crippen molar-refractivity contribution in [2.45, 2.75) is 33.7 Å². The number of hydrogen-bond donors (Lipinski definition) is 1. The van der Waals surface area contributed by atoms with Gasteiger partial charge in [0, 0.05) is 19.5 Å². The van der Waals surface area contributed by atoms with Crippen LogP contribution in [-0.4, -0.2) is 22.0 Å². The van der Waals surface area contributed by atoms with Crippen LogP contribution in [0, 0.1) is 20.8 Å². The molecule has 1 N–H and O–H groups in total. The summed E-state index contributed by atoms with van der Waals surface area (Å²) in [6, 6.07) is 16.0. The Morgan fingerprint density at radius 2 is 1.83 bits per heavy atom. The Labute approximate surface area is 170 Å². The van der Waals surface area contributed by atoms with E-state index >= 15 is 0 Å². The van der Waals surface area contributed by atoms with Crippen molar-refractivity contribution in [3.63, 3.8) is 0 Å². The second kappa shape index (κ2) is 7.95. The molecule has 0 spiro atoms. The molecule has 2 heterocycles. The number of aryl methyl sites for hydroxylation is 3. The molecule has 0 saturated heterocycles. The fourth-order valence-corrected chi connectivity index (χ4v) is 3.89. The molecule has 0 radical (unpaired) electrons. The fraction of sp³-hybridized carbons (Fsp3) is 0.250. The molecule has 2 aromatic heterocycles. The van der Waals surface area contributed by atoms with E-state index in [9.17, 15) is 4.79 Å². The van der Waals surface area contributed by atoms with Gasteiger partial charge in [-0.3, -0.25) is 4.79 Å². The standard InChI is InChI=1S/C24H25N3O2/c1-16-13-17(2)19(18(3)14-16)15-27-21-8-5-4-7-20(21)26-23(27)10-11-25-24(28)22-9-6-12-29-22/h4-9,12-14H,10-11,15H2,1-3H3,(H,25,28). The van der Waals surface area contributed by atoms with Gasteiger partial charge in [-0.15, -0.1) is 0 Å². The summed E-state index contributed by atoms with van der Waals surface area (Å²) in [5.74, 6) is 1.08. The Morgan fingerprint density at radius 3 is 2.55 bits per heavy atom. The fourth-order valence-electron chi connectivity index (χ4n) is 3.89. The monoisotopic (exact) mass is 387 g/mol. The molecule has 1 amide bonds. The smallest absolute Gasteiger partial charge is 0.286 e. The third-order valence-electron chi connectivity index (χ3n) is 5.27. The summed E-state index contributed by atoms with van der Waals surface area (Å²) in [6.45, 7) is 7.72. The molecular formula is C24H25N3O2. The van der Waals surface area contributed by atoms with E-state index in [0.717, 1.165) is 23.4 Å². The van der Waals surface area contributed by atoms with Gasteiger partial charge in [-0.1, -0.05) is 29.8 Å². The summed E-state index contributed by atoms with van der Waals surface area (Å²) in [5, 5.41) is 2.91. The van der Waals surface area contributed by atoms with E-state index in [1.807, 2.05) is 18.2 Å². The van der Waals surface area contributed by atoms with E-state index in [1.54, 1.807) is 12.1 Å². The maximum atomic E-state index is 12.1. The lowest BCUT2D eigenvalue weighted by Crippen LogP contribution is -2.26. The number of imidazole rings is 1. The van der Waals surface area contributed by atoms with Crippen LogP contribution in [0.3, 0.4) is 0 Å². The largest absolute Gasteiger partial charge is 0.459 e. The number of amides is 1. The first-order valence-corrected chi connectivity index (χ1v) is 9.85. The minimum absolute atomic E-state index is 0.206. The summed E-state index contributed by atoms with van der Waals surface area (Å²) in [6.07, 6.45) is 2.14. The zero-order valence-corrected chi connectivity index (χ0v) is 17.0. The number of carbonyl (C=O) groups excluding carboxylic acids is 1. The molecule has 5 heteroatoms. The lowest BCUT2D eigenvalue weighted by atomic mass is 9.99. The van der Waals surface area contributed by atoms with Crippen LogP contribution in [0.1, 0.15) is 38.6 Å². The highest BCUT2D eigenvalue weighted by molar-refractivity contribution is 5.91. The van der Waals surface area contributed by atoms with E-state index < -0.39 is 0 Å². The van der Waals surface area contributed by atoms with Crippen LogP contribution in [0.2, 0.25) is 0 Å². The van der Waals surface area contributed by atoms with Crippen molar-refractivity contribution in [2.75, 3.05) is 6.54 Å². The van der Waals surface area contributed by atoms with Gasteiger partial charge in [-0.25, -0.2) is 4.98 Å². The molecule has 0 unspecified atom stereocenters. The molecule has 0 atom stereocenters. The van der Waals surface area contributed by atoms with E-state index in [2.05, 4.69) is 48.9 Å². The third kappa shape index (κ3) is 3.94. The SMILES string of the molecule is Cc1cc(C)c(Cn2c(CCNC(=O)c3ccco3)nc3ccccc32)c(C)c1. The van der Waals surface area contributed by atoms with E-state index in [0.29, 0.717) is 18.7 Å². The number of hydrogen-bond acceptors (Lipinski definition) is 3. The van der Waals surface area contributed by atoms with Gasteiger partial charge in [-0.2, -0.15) is 0 Å². The molecule has 0 aliphatic carbocycles. The van der Waals surface area contributed by atoms with Crippen molar-refractivity contribution >= 4 is 16.9 Å². The van der Waals surface area contributed by atoms with Gasteiger partial charge in [0.05, 0.1) is 17.3 Å². The number of benzene rings is 2. The molecule has 4 rings (SSSR count). The quantitative estimate of drug-likeness (QED) is 0.527. The van der Waals surface area contributed by atoms with E-state index in [4.69, 9.17) is 9.40 Å². The minimum Gasteiger partial charge on any atom is -0.459 e. The number of nitrogens with one attached hydrogen (secondary N) is 1. The predicted octanol–water partition coefficient (Wildman–Crippen LogP) is 4.58. The van der Waals surface area contributed by atoms with Crippen LogP contribution in [0.25, 0.3) is 11.0 Å². The molecule has 0 aliphatic heterocycles. The summed E-state index contributed by atoms with van der Waals surface area (Å²) < 4.78 is 7.41. The van der Waals surface area contributed by atoms with Crippen LogP contribution in [0.4, 0.5) is 0 Å². The van der Waals surface area contributed by atoms with Gasteiger partial charge in [-0.05, 0) is 61.7 Å². The molecule has 0 aliphatic rings. The van der Waals surface area contributed by atoms with Gasteiger partial charge in [0.2, 0.25) is 0 Å². The molecule has 5 nitrogen and oxygen atoms in total. The lowest BCUT2D eigenvalue weighted by molar-refractivity contribution is 0.0926.